The number of pyridine rings is 1. The zero-order chi connectivity index (χ0) is 29.4. The zero-order valence-corrected chi connectivity index (χ0v) is 22.4. The number of carbonyl (C=O) groups excluding carboxylic acids is 1. The van der Waals surface area contributed by atoms with Crippen LogP contribution in [0.4, 0.5) is 22.0 Å². The summed E-state index contributed by atoms with van der Waals surface area (Å²) in [5, 5.41) is 0. The van der Waals surface area contributed by atoms with Crippen LogP contribution in [0, 0.1) is 24.5 Å². The second-order valence-corrected chi connectivity index (χ2v) is 9.73. The molecule has 214 valence electrons. The molecule has 0 amide bonds. The van der Waals surface area contributed by atoms with Crippen LogP contribution in [0.2, 0.25) is 0 Å². The highest BCUT2D eigenvalue weighted by molar-refractivity contribution is 5.94. The van der Waals surface area contributed by atoms with Crippen LogP contribution in [0.1, 0.15) is 58.7 Å². The van der Waals surface area contributed by atoms with Gasteiger partial charge in [-0.3, -0.25) is 4.98 Å². The standard InChI is InChI=1S/C29H28F5NO5/c1-15-13-20(39-14-17-9-7-6-8-10-17)22(27(36)38-5)24(35-15)26-21(16(2)28(3,40-26)29(32,33)34)18-11-12-19(30)23(31)25(18)37-4/h6-13,16,21,26H,14H2,1-5H3/t16-,21-,26+,28+/m0/s1. The van der Waals surface area contributed by atoms with Gasteiger partial charge in [-0.2, -0.15) is 17.6 Å². The molecule has 1 saturated heterocycles. The summed E-state index contributed by atoms with van der Waals surface area (Å²) in [7, 11) is 2.20. The van der Waals surface area contributed by atoms with Gasteiger partial charge in [0.05, 0.1) is 19.9 Å². The first-order valence-corrected chi connectivity index (χ1v) is 12.4. The van der Waals surface area contributed by atoms with Crippen molar-refractivity contribution in [3.63, 3.8) is 0 Å². The van der Waals surface area contributed by atoms with Gasteiger partial charge in [-0.25, -0.2) is 9.18 Å². The number of ether oxygens (including phenoxy) is 4. The lowest BCUT2D eigenvalue weighted by atomic mass is 9.76. The molecule has 0 radical (unpaired) electrons. The minimum absolute atomic E-state index is 0.0195. The summed E-state index contributed by atoms with van der Waals surface area (Å²) in [6, 6.07) is 12.4. The largest absolute Gasteiger partial charge is 0.493 e. The van der Waals surface area contributed by atoms with E-state index in [9.17, 15) is 26.7 Å². The fourth-order valence-electron chi connectivity index (χ4n) is 5.08. The first kappa shape index (κ1) is 29.3. The fourth-order valence-corrected chi connectivity index (χ4v) is 5.08. The Labute approximate surface area is 228 Å². The lowest BCUT2D eigenvalue weighted by molar-refractivity contribution is -0.275. The monoisotopic (exact) mass is 565 g/mol. The molecule has 0 spiro atoms. The van der Waals surface area contributed by atoms with Crippen LogP contribution < -0.4 is 9.47 Å². The number of benzene rings is 2. The van der Waals surface area contributed by atoms with Crippen LogP contribution in [0.5, 0.6) is 11.5 Å². The number of esters is 1. The number of aryl methyl sites for hydroxylation is 1. The van der Waals surface area contributed by atoms with Crippen LogP contribution in [0.3, 0.4) is 0 Å². The third-order valence-electron chi connectivity index (χ3n) is 7.35. The number of aromatic nitrogens is 1. The second kappa shape index (κ2) is 11.0. The predicted octanol–water partition coefficient (Wildman–Crippen LogP) is 6.85. The number of carbonyl (C=O) groups is 1. The van der Waals surface area contributed by atoms with E-state index in [4.69, 9.17) is 18.9 Å². The SMILES string of the molecule is COC(=O)c1c(OCc2ccccc2)cc(C)nc1[C@@H]1O[C@@](C)(C(F)(F)F)[C@@H](C)[C@H]1c1ccc(F)c(F)c1OC. The Morgan fingerprint density at radius 3 is 2.38 bits per heavy atom. The molecule has 0 N–H and O–H groups in total. The first-order chi connectivity index (χ1) is 18.8. The molecule has 0 aliphatic carbocycles. The van der Waals surface area contributed by atoms with Gasteiger partial charge in [0.1, 0.15) is 24.0 Å². The summed E-state index contributed by atoms with van der Waals surface area (Å²) in [5.74, 6) is -6.67. The van der Waals surface area contributed by atoms with E-state index >= 15 is 0 Å². The van der Waals surface area contributed by atoms with Crippen molar-refractivity contribution in [2.45, 2.75) is 51.2 Å². The van der Waals surface area contributed by atoms with E-state index in [1.807, 2.05) is 6.07 Å². The Hall–Kier alpha value is -3.73. The summed E-state index contributed by atoms with van der Waals surface area (Å²) in [6.45, 7) is 3.78. The van der Waals surface area contributed by atoms with E-state index in [-0.39, 0.29) is 29.2 Å². The number of rotatable bonds is 7. The van der Waals surface area contributed by atoms with Crippen LogP contribution in [-0.4, -0.2) is 37.0 Å². The van der Waals surface area contributed by atoms with Crippen LogP contribution >= 0.6 is 0 Å². The van der Waals surface area contributed by atoms with Crippen molar-refractivity contribution in [3.8, 4) is 11.5 Å². The van der Waals surface area contributed by atoms with Crippen LogP contribution in [0.25, 0.3) is 0 Å². The van der Waals surface area contributed by atoms with Gasteiger partial charge in [-0.05, 0) is 25.5 Å². The van der Waals surface area contributed by atoms with Crippen molar-refractivity contribution < 1.29 is 45.7 Å². The van der Waals surface area contributed by atoms with Crippen molar-refractivity contribution >= 4 is 5.97 Å². The number of methoxy groups -OCH3 is 2. The molecule has 4 atom stereocenters. The van der Waals surface area contributed by atoms with E-state index in [1.54, 1.807) is 31.2 Å². The van der Waals surface area contributed by atoms with Gasteiger partial charge in [0, 0.05) is 29.2 Å². The molecule has 1 aromatic heterocycles. The maximum Gasteiger partial charge on any atom is 0.417 e. The normalized spacial score (nSPS) is 22.7. The van der Waals surface area contributed by atoms with Crippen molar-refractivity contribution in [2.24, 2.45) is 5.92 Å². The molecule has 11 heteroatoms. The number of hydrogen-bond donors (Lipinski definition) is 0. The van der Waals surface area contributed by atoms with Gasteiger partial charge < -0.3 is 18.9 Å². The lowest BCUT2D eigenvalue weighted by Gasteiger charge is -2.32. The molecule has 0 unspecified atom stereocenters. The first-order valence-electron chi connectivity index (χ1n) is 12.4. The molecule has 2 aromatic carbocycles. The minimum Gasteiger partial charge on any atom is -0.493 e. The third-order valence-corrected chi connectivity index (χ3v) is 7.35. The summed E-state index contributed by atoms with van der Waals surface area (Å²) >= 11 is 0. The maximum atomic E-state index is 14.8. The van der Waals surface area contributed by atoms with Gasteiger partial charge in [0.25, 0.3) is 0 Å². The van der Waals surface area contributed by atoms with E-state index in [0.717, 1.165) is 38.8 Å². The van der Waals surface area contributed by atoms with Gasteiger partial charge in [0.2, 0.25) is 5.82 Å². The van der Waals surface area contributed by atoms with Crippen LogP contribution in [-0.2, 0) is 16.1 Å². The van der Waals surface area contributed by atoms with E-state index in [0.29, 0.717) is 5.69 Å². The van der Waals surface area contributed by atoms with Gasteiger partial charge in [-0.1, -0.05) is 43.3 Å². The number of nitrogens with zero attached hydrogens (tertiary/aromatic N) is 1. The molecule has 0 saturated carbocycles. The lowest BCUT2D eigenvalue weighted by Crippen LogP contribution is -2.46. The number of hydrogen-bond acceptors (Lipinski definition) is 6. The quantitative estimate of drug-likeness (QED) is 0.231. The molecular formula is C29H28F5NO5. The molecule has 1 aliphatic rings. The second-order valence-electron chi connectivity index (χ2n) is 9.73. The molecule has 40 heavy (non-hydrogen) atoms. The summed E-state index contributed by atoms with van der Waals surface area (Å²) < 4.78 is 94.0. The molecule has 1 aliphatic heterocycles. The molecule has 0 bridgehead atoms. The maximum absolute atomic E-state index is 14.8. The number of alkyl halides is 3. The highest BCUT2D eigenvalue weighted by Crippen LogP contribution is 2.60. The Bertz CT molecular complexity index is 1400. The van der Waals surface area contributed by atoms with E-state index < -0.39 is 53.1 Å². The minimum atomic E-state index is -4.87. The Morgan fingerprint density at radius 1 is 1.10 bits per heavy atom. The fraction of sp³-hybridized carbons (Fsp3) is 0.379. The Kier molecular flexibility index (Phi) is 8.07. The van der Waals surface area contributed by atoms with Crippen molar-refractivity contribution in [3.05, 3.63) is 88.2 Å². The smallest absolute Gasteiger partial charge is 0.417 e. The van der Waals surface area contributed by atoms with Crippen molar-refractivity contribution in [1.82, 2.24) is 4.98 Å². The number of halogens is 5. The van der Waals surface area contributed by atoms with Crippen molar-refractivity contribution in [1.29, 1.82) is 0 Å². The molecular weight excluding hydrogens is 537 g/mol. The highest BCUT2D eigenvalue weighted by atomic mass is 19.4. The summed E-state index contributed by atoms with van der Waals surface area (Å²) in [6.07, 6.45) is -6.42. The van der Waals surface area contributed by atoms with E-state index in [2.05, 4.69) is 4.98 Å². The molecule has 1 fully saturated rings. The van der Waals surface area contributed by atoms with Crippen LogP contribution in [0.15, 0.2) is 48.5 Å². The molecule has 3 aromatic rings. The van der Waals surface area contributed by atoms with Crippen molar-refractivity contribution in [2.75, 3.05) is 14.2 Å². The summed E-state index contributed by atoms with van der Waals surface area (Å²) in [4.78, 5) is 17.5. The molecule has 4 rings (SSSR count). The zero-order valence-electron chi connectivity index (χ0n) is 22.4. The average Bonchev–Trinajstić information content (AvgIpc) is 3.20. The van der Waals surface area contributed by atoms with Gasteiger partial charge in [0.15, 0.2) is 17.2 Å². The summed E-state index contributed by atoms with van der Waals surface area (Å²) in [5.41, 5.74) is -2.15. The van der Waals surface area contributed by atoms with Gasteiger partial charge in [-0.15, -0.1) is 0 Å². The van der Waals surface area contributed by atoms with Gasteiger partial charge >= 0.3 is 12.1 Å². The van der Waals surface area contributed by atoms with E-state index in [1.165, 1.54) is 13.0 Å². The predicted molar refractivity (Wildman–Crippen MR) is 134 cm³/mol. The average molecular weight is 566 g/mol. The Balaban J connectivity index is 1.94. The highest BCUT2D eigenvalue weighted by Gasteiger charge is 2.65. The topological polar surface area (TPSA) is 66.9 Å². The third kappa shape index (κ3) is 5.10. The molecule has 2 heterocycles. The Morgan fingerprint density at radius 2 is 1.77 bits per heavy atom. The molecule has 6 nitrogen and oxygen atoms in total.